The van der Waals surface area contributed by atoms with Gasteiger partial charge in [0.05, 0.1) is 13.2 Å². The number of para-hydroxylation sites is 2. The molecule has 8 heteroatoms. The molecule has 0 radical (unpaired) electrons. The molecule has 0 saturated carbocycles. The molecule has 2 amide bonds. The Kier molecular flexibility index (Phi) is 9.34. The number of aryl methyl sites for hydroxylation is 1. The number of rotatable bonds is 9. The predicted octanol–water partition coefficient (Wildman–Crippen LogP) is 5.03. The van der Waals surface area contributed by atoms with E-state index in [9.17, 15) is 19.5 Å². The molecule has 202 valence electrons. The lowest BCUT2D eigenvalue weighted by Crippen LogP contribution is -2.57. The molecule has 39 heavy (non-hydrogen) atoms. The lowest BCUT2D eigenvalue weighted by Gasteiger charge is -2.40. The molecule has 1 N–H and O–H groups in total. The first-order valence-electron chi connectivity index (χ1n) is 12.9. The molecule has 4 rings (SSSR count). The molecule has 0 spiro atoms. The van der Waals surface area contributed by atoms with E-state index in [0.29, 0.717) is 43.0 Å². The summed E-state index contributed by atoms with van der Waals surface area (Å²) in [6.07, 6.45) is 3.33. The van der Waals surface area contributed by atoms with Gasteiger partial charge in [-0.3, -0.25) is 4.79 Å². The van der Waals surface area contributed by atoms with E-state index < -0.39 is 12.1 Å². The van der Waals surface area contributed by atoms with Crippen molar-refractivity contribution in [1.29, 1.82) is 0 Å². The van der Waals surface area contributed by atoms with Crippen molar-refractivity contribution in [1.82, 2.24) is 9.80 Å². The van der Waals surface area contributed by atoms with Crippen molar-refractivity contribution in [2.75, 3.05) is 26.7 Å². The quantitative estimate of drug-likeness (QED) is 0.309. The number of ether oxygens (including phenoxy) is 2. The number of amides is 2. The fraction of sp³-hybridized carbons (Fsp3) is 0.258. The highest BCUT2D eigenvalue weighted by Crippen LogP contribution is 2.30. The van der Waals surface area contributed by atoms with Gasteiger partial charge in [0.2, 0.25) is 5.91 Å². The van der Waals surface area contributed by atoms with Gasteiger partial charge in [-0.2, -0.15) is 0 Å². The number of esters is 1. The third-order valence-corrected chi connectivity index (χ3v) is 6.71. The minimum absolute atomic E-state index is 0.0165. The van der Waals surface area contributed by atoms with Crippen LogP contribution in [-0.4, -0.2) is 65.7 Å². The van der Waals surface area contributed by atoms with Crippen LogP contribution in [0.2, 0.25) is 0 Å². The second-order valence-corrected chi connectivity index (χ2v) is 9.26. The van der Waals surface area contributed by atoms with Crippen LogP contribution in [0, 0.1) is 0 Å². The van der Waals surface area contributed by atoms with Crippen LogP contribution in [0.5, 0.6) is 11.5 Å². The minimum atomic E-state index is -0.965. The number of hydrogen-bond acceptors (Lipinski definition) is 5. The van der Waals surface area contributed by atoms with Gasteiger partial charge in [-0.15, -0.1) is 0 Å². The largest absolute Gasteiger partial charge is 0.466 e. The molecule has 0 aromatic heterocycles. The Morgan fingerprint density at radius 2 is 1.62 bits per heavy atom. The molecule has 8 nitrogen and oxygen atoms in total. The number of piperazine rings is 1. The van der Waals surface area contributed by atoms with Crippen molar-refractivity contribution in [3.8, 4) is 11.5 Å². The lowest BCUT2D eigenvalue weighted by atomic mass is 10.0. The van der Waals surface area contributed by atoms with Gasteiger partial charge in [0.25, 0.3) is 0 Å². The van der Waals surface area contributed by atoms with E-state index >= 15 is 0 Å². The van der Waals surface area contributed by atoms with E-state index in [4.69, 9.17) is 4.74 Å². The van der Waals surface area contributed by atoms with Crippen molar-refractivity contribution in [2.45, 2.75) is 25.3 Å². The average Bonchev–Trinajstić information content (AvgIpc) is 2.96. The van der Waals surface area contributed by atoms with Gasteiger partial charge < -0.3 is 24.4 Å². The molecular weight excluding hydrogens is 496 g/mol. The van der Waals surface area contributed by atoms with E-state index in [1.54, 1.807) is 6.08 Å². The molecule has 1 atom stereocenters. The Hall–Kier alpha value is -4.59. The Bertz CT molecular complexity index is 1320. The van der Waals surface area contributed by atoms with Gasteiger partial charge >= 0.3 is 12.1 Å². The first kappa shape index (κ1) is 27.4. The summed E-state index contributed by atoms with van der Waals surface area (Å²) in [5.41, 5.74) is 2.65. The van der Waals surface area contributed by atoms with Crippen molar-refractivity contribution < 1.29 is 29.0 Å². The number of methoxy groups -OCH3 is 1. The number of carbonyl (C=O) groups excluding carboxylic acids is 2. The molecule has 1 heterocycles. The molecule has 0 aliphatic carbocycles. The second kappa shape index (κ2) is 13.3. The predicted molar refractivity (Wildman–Crippen MR) is 148 cm³/mol. The smallest absolute Gasteiger partial charge is 0.407 e. The van der Waals surface area contributed by atoms with Gasteiger partial charge in [-0.25, -0.2) is 9.59 Å². The number of carbonyl (C=O) groups is 3. The van der Waals surface area contributed by atoms with Gasteiger partial charge in [0.1, 0.15) is 11.5 Å². The molecule has 3 aromatic rings. The van der Waals surface area contributed by atoms with Crippen LogP contribution in [0.15, 0.2) is 84.9 Å². The summed E-state index contributed by atoms with van der Waals surface area (Å²) in [6.45, 7) is 0.939. The molecule has 3 aromatic carbocycles. The third kappa shape index (κ3) is 7.47. The fourth-order valence-electron chi connectivity index (χ4n) is 4.67. The number of hydrogen-bond donors (Lipinski definition) is 1. The number of carboxylic acid groups (broad SMARTS) is 1. The van der Waals surface area contributed by atoms with Crippen LogP contribution in [0.3, 0.4) is 0 Å². The standard InChI is InChI=1S/C31H32N2O6/c1-38-30(35)18-16-25-12-6-8-14-28(25)39-27-13-7-5-11-24(27)15-17-29(34)33-20-19-32(31(36)37)22-26(33)21-23-9-3-2-4-10-23/h2-14,16,18,26H,15,17,19-22H2,1H3,(H,36,37). The summed E-state index contributed by atoms with van der Waals surface area (Å²) >= 11 is 0. The normalized spacial score (nSPS) is 15.3. The topological polar surface area (TPSA) is 96.4 Å². The van der Waals surface area contributed by atoms with Crippen LogP contribution < -0.4 is 4.74 Å². The molecule has 1 aliphatic rings. The molecule has 1 saturated heterocycles. The van der Waals surface area contributed by atoms with Crippen LogP contribution in [0.25, 0.3) is 6.08 Å². The summed E-state index contributed by atoms with van der Waals surface area (Å²) in [6, 6.07) is 24.5. The van der Waals surface area contributed by atoms with E-state index in [2.05, 4.69) is 4.74 Å². The first-order valence-corrected chi connectivity index (χ1v) is 12.9. The van der Waals surface area contributed by atoms with Crippen LogP contribution >= 0.6 is 0 Å². The maximum Gasteiger partial charge on any atom is 0.407 e. The van der Waals surface area contributed by atoms with E-state index in [0.717, 1.165) is 11.1 Å². The van der Waals surface area contributed by atoms with Crippen LogP contribution in [0.1, 0.15) is 23.1 Å². The van der Waals surface area contributed by atoms with Crippen LogP contribution in [-0.2, 0) is 27.2 Å². The molecule has 1 fully saturated rings. The summed E-state index contributed by atoms with van der Waals surface area (Å²) in [5.74, 6) is 0.723. The summed E-state index contributed by atoms with van der Waals surface area (Å²) in [7, 11) is 1.32. The van der Waals surface area contributed by atoms with E-state index in [-0.39, 0.29) is 24.9 Å². The van der Waals surface area contributed by atoms with E-state index in [1.807, 2.05) is 83.8 Å². The molecular formula is C31H32N2O6. The zero-order valence-electron chi connectivity index (χ0n) is 21.9. The van der Waals surface area contributed by atoms with Crippen molar-refractivity contribution in [3.05, 3.63) is 102 Å². The SMILES string of the molecule is COC(=O)C=Cc1ccccc1Oc1ccccc1CCC(=O)N1CCN(C(=O)O)CC1Cc1ccccc1. The average molecular weight is 529 g/mol. The summed E-state index contributed by atoms with van der Waals surface area (Å²) in [4.78, 5) is 39.8. The Morgan fingerprint density at radius 3 is 2.36 bits per heavy atom. The van der Waals surface area contributed by atoms with Crippen LogP contribution in [0.4, 0.5) is 4.79 Å². The zero-order chi connectivity index (χ0) is 27.6. The Balaban J connectivity index is 1.46. The lowest BCUT2D eigenvalue weighted by molar-refractivity contribution is -0.136. The van der Waals surface area contributed by atoms with Crippen molar-refractivity contribution in [3.63, 3.8) is 0 Å². The van der Waals surface area contributed by atoms with Gasteiger partial charge in [0, 0.05) is 37.7 Å². The first-order chi connectivity index (χ1) is 18.9. The molecule has 1 aliphatic heterocycles. The van der Waals surface area contributed by atoms with E-state index in [1.165, 1.54) is 18.1 Å². The monoisotopic (exact) mass is 528 g/mol. The highest BCUT2D eigenvalue weighted by molar-refractivity contribution is 5.87. The molecule has 1 unspecified atom stereocenters. The zero-order valence-corrected chi connectivity index (χ0v) is 21.9. The van der Waals surface area contributed by atoms with Crippen molar-refractivity contribution in [2.24, 2.45) is 0 Å². The van der Waals surface area contributed by atoms with Gasteiger partial charge in [-0.1, -0.05) is 66.7 Å². The maximum absolute atomic E-state index is 13.4. The Labute approximate surface area is 228 Å². The summed E-state index contributed by atoms with van der Waals surface area (Å²) < 4.78 is 10.9. The highest BCUT2D eigenvalue weighted by Gasteiger charge is 2.32. The van der Waals surface area contributed by atoms with Gasteiger partial charge in [0.15, 0.2) is 0 Å². The number of benzene rings is 3. The summed E-state index contributed by atoms with van der Waals surface area (Å²) in [5, 5.41) is 9.53. The second-order valence-electron chi connectivity index (χ2n) is 9.26. The maximum atomic E-state index is 13.4. The highest BCUT2D eigenvalue weighted by atomic mass is 16.5. The minimum Gasteiger partial charge on any atom is -0.466 e. The van der Waals surface area contributed by atoms with Crippen molar-refractivity contribution >= 4 is 24.0 Å². The van der Waals surface area contributed by atoms with Gasteiger partial charge in [-0.05, 0) is 42.2 Å². The third-order valence-electron chi connectivity index (χ3n) is 6.71. The number of nitrogens with zero attached hydrogens (tertiary/aromatic N) is 2. The molecule has 0 bridgehead atoms. The fourth-order valence-corrected chi connectivity index (χ4v) is 4.67. The Morgan fingerprint density at radius 1 is 0.923 bits per heavy atom.